The van der Waals surface area contributed by atoms with Gasteiger partial charge in [0.1, 0.15) is 18.5 Å². The van der Waals surface area contributed by atoms with Crippen molar-refractivity contribution < 1.29 is 9.84 Å². The Labute approximate surface area is 124 Å². The number of hydrogen-bond acceptors (Lipinski definition) is 4. The molecular formula is C15H22N2O2S. The number of nitrogens with one attached hydrogen (secondary N) is 2. The van der Waals surface area contributed by atoms with E-state index in [1.807, 2.05) is 44.3 Å². The highest BCUT2D eigenvalue weighted by Gasteiger charge is 2.16. The SMILES string of the molecule is CC(C)(CS)NCC(O)COc1cccc2[nH]ccc12. The van der Waals surface area contributed by atoms with Crippen LogP contribution in [0.15, 0.2) is 30.5 Å². The molecule has 5 heteroatoms. The van der Waals surface area contributed by atoms with Gasteiger partial charge in [-0.15, -0.1) is 0 Å². The second kappa shape index (κ2) is 6.52. The lowest BCUT2D eigenvalue weighted by atomic mass is 10.1. The van der Waals surface area contributed by atoms with Crippen molar-refractivity contribution in [1.82, 2.24) is 10.3 Å². The summed E-state index contributed by atoms with van der Waals surface area (Å²) in [5.41, 5.74) is 0.941. The molecule has 0 fully saturated rings. The molecule has 0 amide bonds. The van der Waals surface area contributed by atoms with Gasteiger partial charge in [-0.3, -0.25) is 0 Å². The molecule has 110 valence electrons. The van der Waals surface area contributed by atoms with Gasteiger partial charge in [0.2, 0.25) is 0 Å². The van der Waals surface area contributed by atoms with Crippen LogP contribution in [0.5, 0.6) is 5.75 Å². The average Bonchev–Trinajstić information content (AvgIpc) is 2.92. The first kappa shape index (κ1) is 15.2. The Balaban J connectivity index is 1.87. The molecule has 1 heterocycles. The highest BCUT2D eigenvalue weighted by Crippen LogP contribution is 2.24. The molecule has 0 aliphatic carbocycles. The zero-order valence-corrected chi connectivity index (χ0v) is 12.8. The molecule has 1 atom stereocenters. The van der Waals surface area contributed by atoms with Crippen molar-refractivity contribution in [2.45, 2.75) is 25.5 Å². The Kier molecular flexibility index (Phi) is 4.96. The highest BCUT2D eigenvalue weighted by molar-refractivity contribution is 7.80. The molecule has 1 aromatic carbocycles. The minimum Gasteiger partial charge on any atom is -0.490 e. The van der Waals surface area contributed by atoms with Gasteiger partial charge < -0.3 is 20.1 Å². The second-order valence-electron chi connectivity index (χ2n) is 5.58. The van der Waals surface area contributed by atoms with Crippen molar-refractivity contribution in [2.75, 3.05) is 18.9 Å². The predicted molar refractivity (Wildman–Crippen MR) is 85.7 cm³/mol. The van der Waals surface area contributed by atoms with Gasteiger partial charge in [0.25, 0.3) is 0 Å². The van der Waals surface area contributed by atoms with Gasteiger partial charge in [-0.2, -0.15) is 12.6 Å². The van der Waals surface area contributed by atoms with E-state index in [0.717, 1.165) is 16.7 Å². The molecule has 0 saturated carbocycles. The van der Waals surface area contributed by atoms with Crippen LogP contribution in [0.1, 0.15) is 13.8 Å². The van der Waals surface area contributed by atoms with E-state index >= 15 is 0 Å². The molecule has 0 saturated heterocycles. The predicted octanol–water partition coefficient (Wildman–Crippen LogP) is 2.21. The van der Waals surface area contributed by atoms with E-state index in [4.69, 9.17) is 4.74 Å². The van der Waals surface area contributed by atoms with Gasteiger partial charge in [0, 0.05) is 34.9 Å². The molecule has 0 bridgehead atoms. The Hall–Kier alpha value is -1.17. The fraction of sp³-hybridized carbons (Fsp3) is 0.467. The summed E-state index contributed by atoms with van der Waals surface area (Å²) >= 11 is 4.27. The van der Waals surface area contributed by atoms with Crippen LogP contribution in [0.2, 0.25) is 0 Å². The highest BCUT2D eigenvalue weighted by atomic mass is 32.1. The molecule has 0 aliphatic rings. The lowest BCUT2D eigenvalue weighted by Gasteiger charge is -2.25. The Bertz CT molecular complexity index is 554. The maximum atomic E-state index is 9.97. The third-order valence-corrected chi connectivity index (χ3v) is 3.99. The van der Waals surface area contributed by atoms with Gasteiger partial charge in [-0.05, 0) is 32.0 Å². The van der Waals surface area contributed by atoms with Crippen LogP contribution in [0.4, 0.5) is 0 Å². The topological polar surface area (TPSA) is 57.3 Å². The number of aliphatic hydroxyl groups is 1. The van der Waals surface area contributed by atoms with Crippen molar-refractivity contribution in [3.8, 4) is 5.75 Å². The van der Waals surface area contributed by atoms with Crippen molar-refractivity contribution in [3.63, 3.8) is 0 Å². The maximum absolute atomic E-state index is 9.97. The largest absolute Gasteiger partial charge is 0.490 e. The summed E-state index contributed by atoms with van der Waals surface area (Å²) in [6.45, 7) is 4.85. The van der Waals surface area contributed by atoms with Crippen LogP contribution in [-0.2, 0) is 0 Å². The zero-order chi connectivity index (χ0) is 14.6. The number of thiol groups is 1. The number of fused-ring (bicyclic) bond motifs is 1. The smallest absolute Gasteiger partial charge is 0.128 e. The van der Waals surface area contributed by atoms with Gasteiger partial charge >= 0.3 is 0 Å². The van der Waals surface area contributed by atoms with Crippen molar-refractivity contribution in [3.05, 3.63) is 30.5 Å². The Morgan fingerprint density at radius 3 is 2.95 bits per heavy atom. The van der Waals surface area contributed by atoms with E-state index in [-0.39, 0.29) is 12.1 Å². The van der Waals surface area contributed by atoms with Gasteiger partial charge in [-0.1, -0.05) is 6.07 Å². The fourth-order valence-electron chi connectivity index (χ4n) is 1.88. The number of benzene rings is 1. The lowest BCUT2D eigenvalue weighted by Crippen LogP contribution is -2.46. The summed E-state index contributed by atoms with van der Waals surface area (Å²) in [6, 6.07) is 7.81. The fourth-order valence-corrected chi connectivity index (χ4v) is 1.99. The van der Waals surface area contributed by atoms with Crippen molar-refractivity contribution in [1.29, 1.82) is 0 Å². The third-order valence-electron chi connectivity index (χ3n) is 3.20. The molecule has 0 spiro atoms. The summed E-state index contributed by atoms with van der Waals surface area (Å²) in [5, 5.41) is 14.3. The van der Waals surface area contributed by atoms with Gasteiger partial charge in [0.05, 0.1) is 0 Å². The molecule has 2 aromatic rings. The number of aliphatic hydroxyl groups excluding tert-OH is 1. The van der Waals surface area contributed by atoms with Crippen LogP contribution in [-0.4, -0.2) is 40.6 Å². The Morgan fingerprint density at radius 2 is 2.20 bits per heavy atom. The summed E-state index contributed by atoms with van der Waals surface area (Å²) in [4.78, 5) is 3.14. The number of rotatable bonds is 7. The molecule has 3 N–H and O–H groups in total. The molecular weight excluding hydrogens is 272 g/mol. The summed E-state index contributed by atoms with van der Waals surface area (Å²) in [5.74, 6) is 1.50. The standard InChI is InChI=1S/C15H22N2O2S/c1-15(2,10-20)17-8-11(18)9-19-14-5-3-4-13-12(14)6-7-16-13/h3-7,11,16-18,20H,8-10H2,1-2H3. The minimum atomic E-state index is -0.552. The van der Waals surface area contributed by atoms with E-state index < -0.39 is 6.10 Å². The van der Waals surface area contributed by atoms with E-state index in [2.05, 4.69) is 22.9 Å². The normalized spacial score (nSPS) is 13.6. The van der Waals surface area contributed by atoms with E-state index in [1.165, 1.54) is 0 Å². The summed E-state index contributed by atoms with van der Waals surface area (Å²) < 4.78 is 5.71. The number of ether oxygens (including phenoxy) is 1. The number of β-amino-alcohol motifs (C(OH)–C–C–N with tert-alkyl or cyclic N) is 1. The number of aromatic nitrogens is 1. The van der Waals surface area contributed by atoms with Crippen LogP contribution in [0.3, 0.4) is 0 Å². The van der Waals surface area contributed by atoms with Crippen LogP contribution in [0.25, 0.3) is 10.9 Å². The first-order valence-corrected chi connectivity index (χ1v) is 7.38. The van der Waals surface area contributed by atoms with Crippen molar-refractivity contribution >= 4 is 23.5 Å². The monoisotopic (exact) mass is 294 g/mol. The molecule has 20 heavy (non-hydrogen) atoms. The van der Waals surface area contributed by atoms with E-state index in [9.17, 15) is 5.11 Å². The summed E-state index contributed by atoms with van der Waals surface area (Å²) in [7, 11) is 0. The third kappa shape index (κ3) is 3.91. The number of aromatic amines is 1. The van der Waals surface area contributed by atoms with E-state index in [1.54, 1.807) is 0 Å². The zero-order valence-electron chi connectivity index (χ0n) is 11.9. The van der Waals surface area contributed by atoms with Gasteiger partial charge in [-0.25, -0.2) is 0 Å². The molecule has 0 radical (unpaired) electrons. The Morgan fingerprint density at radius 1 is 1.40 bits per heavy atom. The van der Waals surface area contributed by atoms with E-state index in [0.29, 0.717) is 12.3 Å². The average molecular weight is 294 g/mol. The second-order valence-corrected chi connectivity index (χ2v) is 5.90. The number of H-pyrrole nitrogens is 1. The maximum Gasteiger partial charge on any atom is 0.128 e. The number of hydrogen-bond donors (Lipinski definition) is 4. The minimum absolute atomic E-state index is 0.0925. The molecule has 2 rings (SSSR count). The molecule has 4 nitrogen and oxygen atoms in total. The first-order valence-electron chi connectivity index (χ1n) is 6.75. The van der Waals surface area contributed by atoms with Crippen molar-refractivity contribution in [2.24, 2.45) is 0 Å². The summed E-state index contributed by atoms with van der Waals surface area (Å²) in [6.07, 6.45) is 1.33. The van der Waals surface area contributed by atoms with Crippen LogP contribution < -0.4 is 10.1 Å². The molecule has 0 aliphatic heterocycles. The first-order chi connectivity index (χ1) is 9.52. The quantitative estimate of drug-likeness (QED) is 0.592. The lowest BCUT2D eigenvalue weighted by molar-refractivity contribution is 0.101. The van der Waals surface area contributed by atoms with Crippen LogP contribution in [0, 0.1) is 0 Å². The molecule has 1 unspecified atom stereocenters. The molecule has 1 aromatic heterocycles. The van der Waals surface area contributed by atoms with Gasteiger partial charge in [0.15, 0.2) is 0 Å². The van der Waals surface area contributed by atoms with Crippen LogP contribution >= 0.6 is 12.6 Å².